The van der Waals surface area contributed by atoms with Crippen molar-refractivity contribution in [3.05, 3.63) is 0 Å². The van der Waals surface area contributed by atoms with E-state index in [0.717, 1.165) is 13.0 Å². The summed E-state index contributed by atoms with van der Waals surface area (Å²) in [6, 6.07) is 0.184. The van der Waals surface area contributed by atoms with Gasteiger partial charge in [-0.3, -0.25) is 0 Å². The van der Waals surface area contributed by atoms with Gasteiger partial charge in [-0.15, -0.1) is 0 Å². The summed E-state index contributed by atoms with van der Waals surface area (Å²) in [6.45, 7) is 7.09. The number of hydrogen-bond acceptors (Lipinski definition) is 3. The molecule has 0 heterocycles. The van der Waals surface area contributed by atoms with Crippen molar-refractivity contribution < 1.29 is 8.42 Å². The summed E-state index contributed by atoms with van der Waals surface area (Å²) in [6.07, 6.45) is 0.979. The molecule has 1 aliphatic carbocycles. The Bertz CT molecular complexity index is 277. The zero-order valence-corrected chi connectivity index (χ0v) is 9.89. The second-order valence-corrected chi connectivity index (χ2v) is 6.23. The predicted octanol–water partition coefficient (Wildman–Crippen LogP) is 0.312. The van der Waals surface area contributed by atoms with Crippen LogP contribution in [0.4, 0.5) is 0 Å². The van der Waals surface area contributed by atoms with E-state index in [1.165, 1.54) is 0 Å². The average Bonchev–Trinajstić information content (AvgIpc) is 2.76. The lowest BCUT2D eigenvalue weighted by molar-refractivity contribution is 0.557. The Morgan fingerprint density at radius 1 is 1.50 bits per heavy atom. The number of nitrogens with one attached hydrogen (secondary N) is 2. The monoisotopic (exact) mass is 220 g/mol. The molecule has 0 spiro atoms. The Labute approximate surface area is 86.5 Å². The maximum absolute atomic E-state index is 11.7. The van der Waals surface area contributed by atoms with Crippen molar-refractivity contribution in [3.63, 3.8) is 0 Å². The maximum Gasteiger partial charge on any atom is 0.215 e. The van der Waals surface area contributed by atoms with Gasteiger partial charge in [-0.2, -0.15) is 0 Å². The van der Waals surface area contributed by atoms with E-state index in [2.05, 4.69) is 17.0 Å². The van der Waals surface area contributed by atoms with Crippen LogP contribution in [0.5, 0.6) is 0 Å². The first-order chi connectivity index (χ1) is 6.47. The highest BCUT2D eigenvalue weighted by molar-refractivity contribution is 7.90. The van der Waals surface area contributed by atoms with E-state index < -0.39 is 10.0 Å². The van der Waals surface area contributed by atoms with Gasteiger partial charge in [0.2, 0.25) is 10.0 Å². The molecule has 1 rings (SSSR count). The minimum atomic E-state index is -3.11. The fourth-order valence-corrected chi connectivity index (χ4v) is 2.59. The summed E-state index contributed by atoms with van der Waals surface area (Å²) in [7, 11) is -3.11. The largest absolute Gasteiger partial charge is 0.316 e. The van der Waals surface area contributed by atoms with Crippen LogP contribution in [0.25, 0.3) is 0 Å². The van der Waals surface area contributed by atoms with Crippen LogP contribution in [0.1, 0.15) is 27.2 Å². The molecule has 1 fully saturated rings. The molecular formula is C9H20N2O2S. The van der Waals surface area contributed by atoms with Crippen molar-refractivity contribution >= 4 is 10.0 Å². The molecule has 3 unspecified atom stereocenters. The third kappa shape index (κ3) is 3.22. The van der Waals surface area contributed by atoms with Crippen molar-refractivity contribution in [2.24, 2.45) is 5.92 Å². The summed E-state index contributed by atoms with van der Waals surface area (Å²) in [5, 5.41) is 2.69. The molecule has 84 valence electrons. The molecule has 0 aromatic carbocycles. The quantitative estimate of drug-likeness (QED) is 0.677. The van der Waals surface area contributed by atoms with Gasteiger partial charge in [0, 0.05) is 12.6 Å². The Morgan fingerprint density at radius 2 is 2.07 bits per heavy atom. The summed E-state index contributed by atoms with van der Waals surface area (Å²) < 4.78 is 26.1. The van der Waals surface area contributed by atoms with Crippen LogP contribution in [0.15, 0.2) is 0 Å². The second kappa shape index (κ2) is 4.59. The third-order valence-electron chi connectivity index (χ3n) is 2.64. The smallest absolute Gasteiger partial charge is 0.215 e. The Hall–Kier alpha value is -0.130. The lowest BCUT2D eigenvalue weighted by Crippen LogP contribution is -2.40. The third-order valence-corrected chi connectivity index (χ3v) is 4.49. The molecule has 1 saturated carbocycles. The lowest BCUT2D eigenvalue weighted by Gasteiger charge is -2.13. The van der Waals surface area contributed by atoms with Crippen LogP contribution >= 0.6 is 0 Å². The van der Waals surface area contributed by atoms with Crippen LogP contribution in [0.2, 0.25) is 0 Å². The van der Waals surface area contributed by atoms with Crippen LogP contribution in [-0.2, 0) is 10.0 Å². The fourth-order valence-electron chi connectivity index (χ4n) is 1.27. The van der Waals surface area contributed by atoms with Gasteiger partial charge in [0.05, 0.1) is 5.25 Å². The van der Waals surface area contributed by atoms with Crippen molar-refractivity contribution in [1.29, 1.82) is 0 Å². The molecular weight excluding hydrogens is 200 g/mol. The second-order valence-electron chi connectivity index (χ2n) is 4.10. The first-order valence-corrected chi connectivity index (χ1v) is 6.74. The van der Waals surface area contributed by atoms with Crippen LogP contribution < -0.4 is 10.0 Å². The van der Waals surface area contributed by atoms with Gasteiger partial charge >= 0.3 is 0 Å². The highest BCUT2D eigenvalue weighted by Crippen LogP contribution is 2.30. The highest BCUT2D eigenvalue weighted by Gasteiger charge is 2.37. The molecule has 3 atom stereocenters. The summed E-state index contributed by atoms with van der Waals surface area (Å²) in [4.78, 5) is 0. The fraction of sp³-hybridized carbons (Fsp3) is 1.00. The maximum atomic E-state index is 11.7. The minimum absolute atomic E-state index is 0.184. The number of sulfonamides is 1. The van der Waals surface area contributed by atoms with Gasteiger partial charge in [0.1, 0.15) is 0 Å². The summed E-state index contributed by atoms with van der Waals surface area (Å²) in [5.41, 5.74) is 0. The molecule has 4 nitrogen and oxygen atoms in total. The molecule has 0 aliphatic heterocycles. The molecule has 1 aliphatic rings. The van der Waals surface area contributed by atoms with Gasteiger partial charge in [-0.25, -0.2) is 13.1 Å². The average molecular weight is 220 g/mol. The summed E-state index contributed by atoms with van der Waals surface area (Å²) >= 11 is 0. The van der Waals surface area contributed by atoms with E-state index in [0.29, 0.717) is 12.5 Å². The molecule has 0 amide bonds. The standard InChI is InChI=1S/C9H20N2O2S/c1-4-10-6-8(3)14(12,13)11-9-5-7(9)2/h7-11H,4-6H2,1-3H3. The van der Waals surface area contributed by atoms with Crippen LogP contribution in [0.3, 0.4) is 0 Å². The lowest BCUT2D eigenvalue weighted by atomic mass is 10.5. The topological polar surface area (TPSA) is 58.2 Å². The molecule has 5 heteroatoms. The van der Waals surface area contributed by atoms with Crippen molar-refractivity contribution in [3.8, 4) is 0 Å². The molecule has 2 N–H and O–H groups in total. The Kier molecular flexibility index (Phi) is 3.92. The Balaban J connectivity index is 2.39. The number of rotatable bonds is 6. The SMILES string of the molecule is CCNCC(C)S(=O)(=O)NC1CC1C. The van der Waals surface area contributed by atoms with E-state index in [-0.39, 0.29) is 11.3 Å². The summed E-state index contributed by atoms with van der Waals surface area (Å²) in [5.74, 6) is 0.510. The molecule has 0 radical (unpaired) electrons. The van der Waals surface area contributed by atoms with E-state index >= 15 is 0 Å². The molecule has 0 aromatic rings. The van der Waals surface area contributed by atoms with E-state index in [9.17, 15) is 8.42 Å². The molecule has 0 bridgehead atoms. The first kappa shape index (κ1) is 11.9. The van der Waals surface area contributed by atoms with E-state index in [4.69, 9.17) is 0 Å². The van der Waals surface area contributed by atoms with Gasteiger partial charge in [-0.05, 0) is 25.8 Å². The number of hydrogen-bond donors (Lipinski definition) is 2. The minimum Gasteiger partial charge on any atom is -0.316 e. The normalized spacial score (nSPS) is 28.8. The van der Waals surface area contributed by atoms with Gasteiger partial charge in [0.25, 0.3) is 0 Å². The first-order valence-electron chi connectivity index (χ1n) is 5.19. The zero-order valence-electron chi connectivity index (χ0n) is 9.08. The van der Waals surface area contributed by atoms with Crippen LogP contribution in [0, 0.1) is 5.92 Å². The molecule has 14 heavy (non-hydrogen) atoms. The molecule has 0 saturated heterocycles. The highest BCUT2D eigenvalue weighted by atomic mass is 32.2. The van der Waals surface area contributed by atoms with E-state index in [1.807, 2.05) is 6.92 Å². The van der Waals surface area contributed by atoms with Crippen molar-refractivity contribution in [1.82, 2.24) is 10.0 Å². The van der Waals surface area contributed by atoms with Gasteiger partial charge < -0.3 is 5.32 Å². The van der Waals surface area contributed by atoms with Gasteiger partial charge in [0.15, 0.2) is 0 Å². The Morgan fingerprint density at radius 3 is 2.50 bits per heavy atom. The zero-order chi connectivity index (χ0) is 10.8. The van der Waals surface area contributed by atoms with Crippen molar-refractivity contribution in [2.45, 2.75) is 38.5 Å². The molecule has 0 aromatic heterocycles. The van der Waals surface area contributed by atoms with Gasteiger partial charge in [-0.1, -0.05) is 13.8 Å². The van der Waals surface area contributed by atoms with E-state index in [1.54, 1.807) is 6.92 Å². The van der Waals surface area contributed by atoms with Crippen LogP contribution in [-0.4, -0.2) is 32.8 Å². The van der Waals surface area contributed by atoms with Crippen molar-refractivity contribution in [2.75, 3.05) is 13.1 Å². The predicted molar refractivity (Wildman–Crippen MR) is 57.6 cm³/mol.